The SMILES string of the molecule is CC(Oc1cc2c3c(c1)nc(-c1ccc4sc(N)nc4c1)n3CCCCO2)C(N)=O. The Morgan fingerprint density at radius 1 is 1.23 bits per heavy atom. The fraction of sp³-hybridized carbons (Fsp3) is 0.286. The molecule has 9 heteroatoms. The van der Waals surface area contributed by atoms with E-state index in [4.69, 9.17) is 25.9 Å². The summed E-state index contributed by atoms with van der Waals surface area (Å²) >= 11 is 1.47. The number of aryl methyl sites for hydroxylation is 1. The van der Waals surface area contributed by atoms with E-state index in [1.807, 2.05) is 24.3 Å². The molecule has 0 saturated heterocycles. The molecule has 3 heterocycles. The number of amides is 1. The van der Waals surface area contributed by atoms with Gasteiger partial charge in [-0.2, -0.15) is 0 Å². The Morgan fingerprint density at radius 2 is 2.10 bits per heavy atom. The average molecular weight is 423 g/mol. The van der Waals surface area contributed by atoms with Crippen molar-refractivity contribution in [3.8, 4) is 22.9 Å². The number of hydrogen-bond acceptors (Lipinski definition) is 7. The molecule has 0 bridgehead atoms. The molecule has 2 aromatic carbocycles. The number of carbonyl (C=O) groups excluding carboxylic acids is 1. The van der Waals surface area contributed by atoms with Gasteiger partial charge in [0.05, 0.1) is 22.3 Å². The summed E-state index contributed by atoms with van der Waals surface area (Å²) in [7, 11) is 0. The number of benzene rings is 2. The number of thiazole rings is 1. The first-order valence-corrected chi connectivity index (χ1v) is 10.6. The quantitative estimate of drug-likeness (QED) is 0.520. The lowest BCUT2D eigenvalue weighted by Crippen LogP contribution is -2.30. The first-order chi connectivity index (χ1) is 14.5. The molecule has 5 rings (SSSR count). The maximum Gasteiger partial charge on any atom is 0.258 e. The third-order valence-electron chi connectivity index (χ3n) is 5.19. The molecule has 0 radical (unpaired) electrons. The smallest absolute Gasteiger partial charge is 0.258 e. The largest absolute Gasteiger partial charge is 0.491 e. The molecule has 0 fully saturated rings. The minimum Gasteiger partial charge on any atom is -0.491 e. The molecule has 4 N–H and O–H groups in total. The molecular formula is C21H21N5O3S. The van der Waals surface area contributed by atoms with Gasteiger partial charge in [0.15, 0.2) is 11.2 Å². The van der Waals surface area contributed by atoms with E-state index in [-0.39, 0.29) is 0 Å². The molecule has 1 amide bonds. The summed E-state index contributed by atoms with van der Waals surface area (Å²) in [6, 6.07) is 9.70. The van der Waals surface area contributed by atoms with Crippen LogP contribution >= 0.6 is 11.3 Å². The van der Waals surface area contributed by atoms with Crippen molar-refractivity contribution in [2.75, 3.05) is 12.3 Å². The van der Waals surface area contributed by atoms with Crippen LogP contribution < -0.4 is 20.9 Å². The number of aromatic nitrogens is 3. The van der Waals surface area contributed by atoms with Gasteiger partial charge in [0.1, 0.15) is 22.8 Å². The van der Waals surface area contributed by atoms with E-state index in [1.165, 1.54) is 11.3 Å². The van der Waals surface area contributed by atoms with Gasteiger partial charge in [-0.3, -0.25) is 4.79 Å². The molecule has 0 aliphatic carbocycles. The molecule has 8 nitrogen and oxygen atoms in total. The van der Waals surface area contributed by atoms with Gasteiger partial charge < -0.3 is 25.5 Å². The van der Waals surface area contributed by atoms with Gasteiger partial charge in [-0.1, -0.05) is 11.3 Å². The van der Waals surface area contributed by atoms with Gasteiger partial charge in [-0.25, -0.2) is 9.97 Å². The number of nitrogens with two attached hydrogens (primary N) is 2. The third kappa shape index (κ3) is 3.21. The average Bonchev–Trinajstić information content (AvgIpc) is 3.24. The van der Waals surface area contributed by atoms with Crippen LogP contribution in [0, 0.1) is 0 Å². The van der Waals surface area contributed by atoms with Crippen molar-refractivity contribution in [3.63, 3.8) is 0 Å². The van der Waals surface area contributed by atoms with Crippen LogP contribution in [0.1, 0.15) is 19.8 Å². The predicted octanol–water partition coefficient (Wildman–Crippen LogP) is 3.32. The Hall–Kier alpha value is -3.33. The molecule has 1 atom stereocenters. The molecule has 30 heavy (non-hydrogen) atoms. The second-order valence-corrected chi connectivity index (χ2v) is 8.39. The molecule has 2 aromatic heterocycles. The normalized spacial score (nSPS) is 14.8. The van der Waals surface area contributed by atoms with Crippen molar-refractivity contribution < 1.29 is 14.3 Å². The molecule has 154 valence electrons. The van der Waals surface area contributed by atoms with E-state index in [0.717, 1.165) is 52.0 Å². The van der Waals surface area contributed by atoms with Crippen LogP contribution in [0.5, 0.6) is 11.5 Å². The third-order valence-corrected chi connectivity index (χ3v) is 6.06. The highest BCUT2D eigenvalue weighted by Gasteiger charge is 2.21. The summed E-state index contributed by atoms with van der Waals surface area (Å²) in [6.07, 6.45) is 1.17. The maximum absolute atomic E-state index is 11.4. The number of fused-ring (bicyclic) bond motifs is 1. The van der Waals surface area contributed by atoms with E-state index in [2.05, 4.69) is 9.55 Å². The second kappa shape index (κ2) is 7.17. The lowest BCUT2D eigenvalue weighted by molar-refractivity contribution is -0.123. The highest BCUT2D eigenvalue weighted by Crippen LogP contribution is 2.37. The van der Waals surface area contributed by atoms with Crippen molar-refractivity contribution in [1.29, 1.82) is 0 Å². The zero-order valence-corrected chi connectivity index (χ0v) is 17.2. The highest BCUT2D eigenvalue weighted by atomic mass is 32.1. The fourth-order valence-corrected chi connectivity index (χ4v) is 4.44. The van der Waals surface area contributed by atoms with E-state index in [1.54, 1.807) is 13.0 Å². The lowest BCUT2D eigenvalue weighted by Gasteiger charge is -2.18. The van der Waals surface area contributed by atoms with Crippen LogP contribution in [-0.4, -0.2) is 33.2 Å². The van der Waals surface area contributed by atoms with Crippen LogP contribution in [0.3, 0.4) is 0 Å². The van der Waals surface area contributed by atoms with E-state index >= 15 is 0 Å². The van der Waals surface area contributed by atoms with E-state index < -0.39 is 12.0 Å². The van der Waals surface area contributed by atoms with Crippen molar-refractivity contribution in [2.24, 2.45) is 5.73 Å². The molecule has 0 spiro atoms. The van der Waals surface area contributed by atoms with Crippen molar-refractivity contribution >= 4 is 43.6 Å². The Kier molecular flexibility index (Phi) is 4.47. The first kappa shape index (κ1) is 18.7. The summed E-state index contributed by atoms with van der Waals surface area (Å²) < 4.78 is 15.0. The molecule has 0 saturated carbocycles. The number of carbonyl (C=O) groups is 1. The lowest BCUT2D eigenvalue weighted by atomic mass is 10.2. The Balaban J connectivity index is 1.68. The number of primary amides is 1. The summed E-state index contributed by atoms with van der Waals surface area (Å²) in [5.74, 6) is 1.51. The van der Waals surface area contributed by atoms with Crippen LogP contribution in [0.2, 0.25) is 0 Å². The summed E-state index contributed by atoms with van der Waals surface area (Å²) in [5.41, 5.74) is 14.7. The van der Waals surface area contributed by atoms with Crippen molar-refractivity contribution in [1.82, 2.24) is 14.5 Å². The number of nitrogen functional groups attached to an aromatic ring is 1. The van der Waals surface area contributed by atoms with Crippen molar-refractivity contribution in [3.05, 3.63) is 30.3 Å². The fourth-order valence-electron chi connectivity index (χ4n) is 3.72. The number of anilines is 1. The van der Waals surface area contributed by atoms with E-state index in [9.17, 15) is 4.79 Å². The molecule has 4 aromatic rings. The van der Waals surface area contributed by atoms with E-state index in [0.29, 0.717) is 23.2 Å². The van der Waals surface area contributed by atoms with Crippen LogP contribution in [0.4, 0.5) is 5.13 Å². The summed E-state index contributed by atoms with van der Waals surface area (Å²) in [5, 5.41) is 0.547. The Morgan fingerprint density at radius 3 is 2.93 bits per heavy atom. The number of ether oxygens (including phenoxy) is 2. The molecule has 1 aliphatic rings. The van der Waals surface area contributed by atoms with Crippen molar-refractivity contribution in [2.45, 2.75) is 32.4 Å². The van der Waals surface area contributed by atoms with Gasteiger partial charge >= 0.3 is 0 Å². The van der Waals surface area contributed by atoms with Crippen LogP contribution in [0.25, 0.3) is 32.6 Å². The van der Waals surface area contributed by atoms with Crippen LogP contribution in [-0.2, 0) is 11.3 Å². The van der Waals surface area contributed by atoms with Crippen LogP contribution in [0.15, 0.2) is 30.3 Å². The minimum atomic E-state index is -0.748. The summed E-state index contributed by atoms with van der Waals surface area (Å²) in [4.78, 5) is 20.7. The zero-order chi connectivity index (χ0) is 20.8. The Bertz CT molecular complexity index is 1280. The van der Waals surface area contributed by atoms with Gasteiger partial charge in [0.25, 0.3) is 5.91 Å². The zero-order valence-electron chi connectivity index (χ0n) is 16.4. The van der Waals surface area contributed by atoms with Gasteiger partial charge in [-0.05, 0) is 38.0 Å². The molecule has 1 unspecified atom stereocenters. The maximum atomic E-state index is 11.4. The van der Waals surface area contributed by atoms with Gasteiger partial charge in [-0.15, -0.1) is 0 Å². The second-order valence-electron chi connectivity index (χ2n) is 7.33. The molecular weight excluding hydrogens is 402 g/mol. The molecule has 1 aliphatic heterocycles. The number of rotatable bonds is 4. The monoisotopic (exact) mass is 423 g/mol. The standard InChI is InChI=1S/C21H21N5O3S/c1-11(19(22)27)29-13-9-15-18-16(10-13)28-7-3-2-6-26(18)20(24-15)12-4-5-17-14(8-12)25-21(23)30-17/h4-5,8-11H,2-3,6-7H2,1H3,(H2,22,27)(H2,23,25). The van der Waals surface area contributed by atoms with Gasteiger partial charge in [0, 0.05) is 24.2 Å². The number of nitrogens with zero attached hydrogens (tertiary/aromatic N) is 3. The predicted molar refractivity (Wildman–Crippen MR) is 117 cm³/mol. The highest BCUT2D eigenvalue weighted by molar-refractivity contribution is 7.22. The minimum absolute atomic E-state index is 0.503. The topological polar surface area (TPSA) is 118 Å². The summed E-state index contributed by atoms with van der Waals surface area (Å²) in [6.45, 7) is 3.07. The first-order valence-electron chi connectivity index (χ1n) is 9.79. The Labute approximate surface area is 176 Å². The number of hydrogen-bond donors (Lipinski definition) is 2. The number of imidazole rings is 1. The van der Waals surface area contributed by atoms with Gasteiger partial charge in [0.2, 0.25) is 0 Å².